The van der Waals surface area contributed by atoms with E-state index in [-0.39, 0.29) is 11.7 Å². The van der Waals surface area contributed by atoms with Crippen LogP contribution in [0.25, 0.3) is 0 Å². The van der Waals surface area contributed by atoms with Gasteiger partial charge in [0, 0.05) is 12.3 Å². The van der Waals surface area contributed by atoms with E-state index >= 15 is 0 Å². The van der Waals surface area contributed by atoms with E-state index < -0.39 is 16.9 Å². The van der Waals surface area contributed by atoms with Gasteiger partial charge in [0.05, 0.1) is 4.75 Å². The van der Waals surface area contributed by atoms with Crippen molar-refractivity contribution in [2.75, 3.05) is 12.3 Å². The molecule has 0 saturated carbocycles. The van der Waals surface area contributed by atoms with E-state index in [1.54, 1.807) is 6.08 Å². The average Bonchev–Trinajstić information content (AvgIpc) is 2.85. The number of thioether (sulfide) groups is 1. The number of nitrogens with one attached hydrogen (secondary N) is 2. The Morgan fingerprint density at radius 3 is 1.73 bits per heavy atom. The number of carbonyl (C=O) groups is 2. The molecule has 0 heterocycles. The van der Waals surface area contributed by atoms with Gasteiger partial charge in [-0.25, -0.2) is 4.79 Å². The quantitative estimate of drug-likeness (QED) is 0.213. The Balaban J connectivity index is 2.04. The zero-order valence-corrected chi connectivity index (χ0v) is 19.1. The smallest absolute Gasteiger partial charge is 0.405 e. The van der Waals surface area contributed by atoms with E-state index in [2.05, 4.69) is 53.6 Å². The van der Waals surface area contributed by atoms with Gasteiger partial charge in [0.2, 0.25) is 5.91 Å². The van der Waals surface area contributed by atoms with E-state index in [9.17, 15) is 14.7 Å². The highest BCUT2D eigenvalue weighted by atomic mass is 32.2. The third-order valence-corrected chi connectivity index (χ3v) is 6.91. The lowest BCUT2D eigenvalue weighted by Gasteiger charge is -2.36. The predicted octanol–water partition coefficient (Wildman–Crippen LogP) is 5.04. The lowest BCUT2D eigenvalue weighted by atomic mass is 9.84. The fraction of sp³-hybridized carbons (Fsp3) is 0.185. The first-order valence-corrected chi connectivity index (χ1v) is 11.7. The molecule has 3 aromatic rings. The molecule has 3 aromatic carbocycles. The second-order valence-electron chi connectivity index (χ2n) is 7.46. The average molecular weight is 461 g/mol. The van der Waals surface area contributed by atoms with E-state index in [0.717, 1.165) is 16.7 Å². The second-order valence-corrected chi connectivity index (χ2v) is 8.70. The third-order valence-electron chi connectivity index (χ3n) is 5.27. The summed E-state index contributed by atoms with van der Waals surface area (Å²) in [5.74, 6) is -0.111. The zero-order chi connectivity index (χ0) is 23.5. The molecule has 6 heteroatoms. The van der Waals surface area contributed by atoms with E-state index in [1.807, 2.05) is 54.6 Å². The summed E-state index contributed by atoms with van der Waals surface area (Å²) in [7, 11) is 0. The van der Waals surface area contributed by atoms with Gasteiger partial charge in [-0.3, -0.25) is 4.79 Å². The van der Waals surface area contributed by atoms with Crippen LogP contribution in [-0.4, -0.2) is 35.4 Å². The largest absolute Gasteiger partial charge is 0.465 e. The molecule has 0 aromatic heterocycles. The van der Waals surface area contributed by atoms with Crippen molar-refractivity contribution in [3.63, 3.8) is 0 Å². The van der Waals surface area contributed by atoms with E-state index in [0.29, 0.717) is 13.0 Å². The Bertz CT molecular complexity index is 946. The zero-order valence-electron chi connectivity index (χ0n) is 18.3. The molecule has 3 rings (SSSR count). The maximum atomic E-state index is 12.8. The first-order chi connectivity index (χ1) is 16.1. The molecule has 3 N–H and O–H groups in total. The normalized spacial score (nSPS) is 11.9. The summed E-state index contributed by atoms with van der Waals surface area (Å²) in [6, 6.07) is 29.3. The number of hydrogen-bond acceptors (Lipinski definition) is 3. The van der Waals surface area contributed by atoms with E-state index in [4.69, 9.17) is 0 Å². The standard InChI is InChI=1S/C27H28N2O3S/c1-2-3-19-28-25(30)24(29-26(31)32)20-33-27(21-13-7-4-8-14-21,22-15-9-5-10-16-22)23-17-11-6-12-18-23/h2,4-18,24,29H,1,3,19-20H2,(H,28,30)(H,31,32). The topological polar surface area (TPSA) is 78.4 Å². The second kappa shape index (κ2) is 11.9. The van der Waals surface area contributed by atoms with Gasteiger partial charge in [-0.05, 0) is 23.1 Å². The summed E-state index contributed by atoms with van der Waals surface area (Å²) in [5, 5.41) is 14.6. The molecular weight excluding hydrogens is 432 g/mol. The molecule has 0 saturated heterocycles. The van der Waals surface area contributed by atoms with Crippen molar-refractivity contribution in [3.05, 3.63) is 120 Å². The number of rotatable bonds is 11. The van der Waals surface area contributed by atoms with Crippen LogP contribution in [0, 0.1) is 0 Å². The summed E-state index contributed by atoms with van der Waals surface area (Å²) < 4.78 is -0.635. The van der Waals surface area contributed by atoms with Crippen LogP contribution in [0.5, 0.6) is 0 Å². The molecule has 1 unspecified atom stereocenters. The monoisotopic (exact) mass is 460 g/mol. The van der Waals surface area contributed by atoms with Gasteiger partial charge in [-0.15, -0.1) is 18.3 Å². The lowest BCUT2D eigenvalue weighted by Crippen LogP contribution is -2.48. The van der Waals surface area contributed by atoms with Crippen molar-refractivity contribution >= 4 is 23.8 Å². The minimum Gasteiger partial charge on any atom is -0.465 e. The maximum Gasteiger partial charge on any atom is 0.405 e. The van der Waals surface area contributed by atoms with Gasteiger partial charge < -0.3 is 15.7 Å². The van der Waals surface area contributed by atoms with Gasteiger partial charge in [-0.2, -0.15) is 0 Å². The minimum atomic E-state index is -1.23. The Hall–Kier alpha value is -3.51. The molecule has 0 aliphatic carbocycles. The molecule has 0 aliphatic rings. The van der Waals surface area contributed by atoms with Crippen molar-refractivity contribution in [1.82, 2.24) is 10.6 Å². The first kappa shape index (κ1) is 24.1. The Morgan fingerprint density at radius 1 is 0.879 bits per heavy atom. The summed E-state index contributed by atoms with van der Waals surface area (Å²) in [6.45, 7) is 4.06. The van der Waals surface area contributed by atoms with Crippen LogP contribution in [0.2, 0.25) is 0 Å². The fourth-order valence-corrected chi connectivity index (χ4v) is 5.29. The summed E-state index contributed by atoms with van der Waals surface area (Å²) in [5.41, 5.74) is 3.15. The summed E-state index contributed by atoms with van der Waals surface area (Å²) in [4.78, 5) is 24.3. The van der Waals surface area contributed by atoms with E-state index in [1.165, 1.54) is 11.8 Å². The van der Waals surface area contributed by atoms with Crippen molar-refractivity contribution in [2.24, 2.45) is 0 Å². The molecule has 0 radical (unpaired) electrons. The highest BCUT2D eigenvalue weighted by Gasteiger charge is 2.38. The highest BCUT2D eigenvalue weighted by molar-refractivity contribution is 8.00. The number of amides is 2. The molecule has 33 heavy (non-hydrogen) atoms. The van der Waals surface area contributed by atoms with Crippen LogP contribution in [0.1, 0.15) is 23.1 Å². The number of hydrogen-bond donors (Lipinski definition) is 3. The van der Waals surface area contributed by atoms with Crippen molar-refractivity contribution in [3.8, 4) is 0 Å². The first-order valence-electron chi connectivity index (χ1n) is 10.8. The Kier molecular flexibility index (Phi) is 8.72. The molecular formula is C27H28N2O3S. The Morgan fingerprint density at radius 2 is 1.33 bits per heavy atom. The molecule has 170 valence electrons. The predicted molar refractivity (Wildman–Crippen MR) is 134 cm³/mol. The van der Waals surface area contributed by atoms with Gasteiger partial charge in [0.15, 0.2) is 0 Å². The number of carbonyl (C=O) groups excluding carboxylic acids is 1. The van der Waals surface area contributed by atoms with Gasteiger partial charge in [0.25, 0.3) is 0 Å². The summed E-state index contributed by atoms with van der Waals surface area (Å²) in [6.07, 6.45) is 1.09. The SMILES string of the molecule is C=CCCNC(=O)C(CSC(c1ccccc1)(c1ccccc1)c1ccccc1)NC(=O)O. The fourth-order valence-electron chi connectivity index (χ4n) is 3.73. The molecule has 0 aliphatic heterocycles. The highest BCUT2D eigenvalue weighted by Crippen LogP contribution is 2.48. The van der Waals surface area contributed by atoms with Gasteiger partial charge in [-0.1, -0.05) is 97.1 Å². The molecule has 5 nitrogen and oxygen atoms in total. The van der Waals surface area contributed by atoms with Crippen LogP contribution in [-0.2, 0) is 9.54 Å². The van der Waals surface area contributed by atoms with Crippen LogP contribution in [0.4, 0.5) is 4.79 Å². The number of carboxylic acid groups (broad SMARTS) is 1. The third kappa shape index (κ3) is 6.05. The van der Waals surface area contributed by atoms with Crippen molar-refractivity contribution in [1.29, 1.82) is 0 Å². The van der Waals surface area contributed by atoms with Crippen molar-refractivity contribution in [2.45, 2.75) is 17.2 Å². The number of benzene rings is 3. The Labute approximate surface area is 198 Å². The molecule has 0 fully saturated rings. The van der Waals surface area contributed by atoms with Crippen LogP contribution in [0.3, 0.4) is 0 Å². The van der Waals surface area contributed by atoms with Crippen LogP contribution in [0.15, 0.2) is 104 Å². The molecule has 1 atom stereocenters. The minimum absolute atomic E-state index is 0.241. The van der Waals surface area contributed by atoms with Crippen LogP contribution >= 0.6 is 11.8 Å². The van der Waals surface area contributed by atoms with Crippen LogP contribution < -0.4 is 10.6 Å². The summed E-state index contributed by atoms with van der Waals surface area (Å²) >= 11 is 1.54. The molecule has 2 amide bonds. The van der Waals surface area contributed by atoms with Crippen molar-refractivity contribution < 1.29 is 14.7 Å². The van der Waals surface area contributed by atoms with Gasteiger partial charge >= 0.3 is 6.09 Å². The lowest BCUT2D eigenvalue weighted by molar-refractivity contribution is -0.122. The molecule has 0 spiro atoms. The van der Waals surface area contributed by atoms with Gasteiger partial charge in [0.1, 0.15) is 6.04 Å². The maximum absolute atomic E-state index is 12.8. The molecule has 0 bridgehead atoms.